The van der Waals surface area contributed by atoms with E-state index in [2.05, 4.69) is 15.2 Å². The molecule has 0 radical (unpaired) electrons. The van der Waals surface area contributed by atoms with Crippen molar-refractivity contribution in [1.29, 1.82) is 0 Å². The lowest BCUT2D eigenvalue weighted by atomic mass is 10.2. The molecule has 5 rings (SSSR count). The minimum atomic E-state index is -0.509. The van der Waals surface area contributed by atoms with Crippen molar-refractivity contribution in [1.82, 2.24) is 24.5 Å². The Labute approximate surface area is 166 Å². The molecule has 0 spiro atoms. The Balaban J connectivity index is 1.52. The van der Waals surface area contributed by atoms with Crippen LogP contribution in [0, 0.1) is 10.1 Å². The smallest absolute Gasteiger partial charge is 0.294 e. The van der Waals surface area contributed by atoms with E-state index in [-0.39, 0.29) is 34.5 Å². The molecule has 0 amide bonds. The first-order valence-electron chi connectivity index (χ1n) is 8.78. The van der Waals surface area contributed by atoms with Gasteiger partial charge in [0.15, 0.2) is 11.4 Å². The largest absolute Gasteiger partial charge is 0.461 e. The van der Waals surface area contributed by atoms with Crippen molar-refractivity contribution in [3.8, 4) is 17.2 Å². The number of nitro benzene ring substituents is 1. The summed E-state index contributed by atoms with van der Waals surface area (Å²) in [5.41, 5.74) is 0.466. The molecule has 4 heterocycles. The second-order valence-corrected chi connectivity index (χ2v) is 6.38. The van der Waals surface area contributed by atoms with Crippen LogP contribution in [0.2, 0.25) is 0 Å². The first kappa shape index (κ1) is 17.6. The van der Waals surface area contributed by atoms with Crippen molar-refractivity contribution in [3.05, 3.63) is 87.4 Å². The molecule has 148 valence electrons. The monoisotopic (exact) mass is 404 g/mol. The Hall–Kier alpha value is -4.54. The van der Waals surface area contributed by atoms with Crippen LogP contribution in [0.15, 0.2) is 75.0 Å². The van der Waals surface area contributed by atoms with Crippen LogP contribution in [0.3, 0.4) is 0 Å². The molecule has 0 N–H and O–H groups in total. The molecule has 0 aliphatic rings. The molecule has 5 aromatic rings. The molecule has 0 aliphatic carbocycles. The lowest BCUT2D eigenvalue weighted by Gasteiger charge is -2.05. The summed E-state index contributed by atoms with van der Waals surface area (Å²) in [7, 11) is 0. The number of para-hydroxylation sites is 2. The lowest BCUT2D eigenvalue weighted by molar-refractivity contribution is -0.384. The molecule has 30 heavy (non-hydrogen) atoms. The van der Waals surface area contributed by atoms with E-state index in [0.29, 0.717) is 17.2 Å². The van der Waals surface area contributed by atoms with Gasteiger partial charge in [0.2, 0.25) is 5.76 Å². The third-order valence-electron chi connectivity index (χ3n) is 4.52. The van der Waals surface area contributed by atoms with Crippen LogP contribution in [-0.2, 0) is 6.54 Å². The molecule has 11 nitrogen and oxygen atoms in total. The maximum Gasteiger partial charge on any atom is 0.294 e. The molecule has 0 unspecified atom stereocenters. The van der Waals surface area contributed by atoms with Gasteiger partial charge in [-0.2, -0.15) is 5.10 Å². The van der Waals surface area contributed by atoms with E-state index in [0.717, 1.165) is 0 Å². The number of furan rings is 1. The minimum absolute atomic E-state index is 0.128. The fourth-order valence-electron chi connectivity index (χ4n) is 3.13. The summed E-state index contributed by atoms with van der Waals surface area (Å²) < 4.78 is 13.1. The number of benzene rings is 1. The van der Waals surface area contributed by atoms with Crippen molar-refractivity contribution in [2.45, 2.75) is 6.54 Å². The van der Waals surface area contributed by atoms with E-state index >= 15 is 0 Å². The van der Waals surface area contributed by atoms with Crippen molar-refractivity contribution in [3.63, 3.8) is 0 Å². The molecule has 0 fully saturated rings. The Morgan fingerprint density at radius 3 is 2.80 bits per heavy atom. The average Bonchev–Trinajstić information content (AvgIpc) is 3.50. The van der Waals surface area contributed by atoms with E-state index in [1.54, 1.807) is 36.4 Å². The maximum atomic E-state index is 12.9. The van der Waals surface area contributed by atoms with Crippen LogP contribution in [0.5, 0.6) is 0 Å². The predicted molar refractivity (Wildman–Crippen MR) is 103 cm³/mol. The van der Waals surface area contributed by atoms with Crippen LogP contribution in [0.4, 0.5) is 5.69 Å². The van der Waals surface area contributed by atoms with Gasteiger partial charge in [-0.15, -0.1) is 0 Å². The normalized spacial score (nSPS) is 11.2. The molecule has 4 aromatic heterocycles. The van der Waals surface area contributed by atoms with Gasteiger partial charge in [-0.05, 0) is 18.2 Å². The van der Waals surface area contributed by atoms with Crippen molar-refractivity contribution >= 4 is 16.7 Å². The Bertz CT molecular complexity index is 1430. The summed E-state index contributed by atoms with van der Waals surface area (Å²) in [6.45, 7) is 0.128. The zero-order valence-electron chi connectivity index (χ0n) is 15.2. The minimum Gasteiger partial charge on any atom is -0.461 e. The van der Waals surface area contributed by atoms with E-state index < -0.39 is 4.92 Å². The summed E-state index contributed by atoms with van der Waals surface area (Å²) in [6, 6.07) is 11.3. The number of hydrogen-bond donors (Lipinski definition) is 0. The molecular weight excluding hydrogens is 392 g/mol. The number of aromatic nitrogens is 5. The Morgan fingerprint density at radius 2 is 2.00 bits per heavy atom. The van der Waals surface area contributed by atoms with Gasteiger partial charge in [-0.25, -0.2) is 9.67 Å². The van der Waals surface area contributed by atoms with Gasteiger partial charge < -0.3 is 8.94 Å². The van der Waals surface area contributed by atoms with Crippen LogP contribution in [0.25, 0.3) is 28.2 Å². The predicted octanol–water partition coefficient (Wildman–Crippen LogP) is 2.79. The van der Waals surface area contributed by atoms with E-state index in [1.165, 1.54) is 34.1 Å². The van der Waals surface area contributed by atoms with E-state index in [9.17, 15) is 14.9 Å². The van der Waals surface area contributed by atoms with Gasteiger partial charge in [-0.1, -0.05) is 17.3 Å². The third kappa shape index (κ3) is 2.85. The summed E-state index contributed by atoms with van der Waals surface area (Å²) >= 11 is 0. The van der Waals surface area contributed by atoms with Gasteiger partial charge >= 0.3 is 0 Å². The number of fused-ring (bicyclic) bond motifs is 1. The van der Waals surface area contributed by atoms with Gasteiger partial charge in [0, 0.05) is 12.1 Å². The summed E-state index contributed by atoms with van der Waals surface area (Å²) in [4.78, 5) is 28.0. The second-order valence-electron chi connectivity index (χ2n) is 6.38. The fraction of sp³-hybridized carbons (Fsp3) is 0.0526. The van der Waals surface area contributed by atoms with Crippen LogP contribution in [0.1, 0.15) is 5.69 Å². The SMILES string of the molecule is O=c1c2cnn(-c3ccccc3[N+](=O)[O-])c2ncn1Cc1cc(-c2ccco2)on1. The first-order valence-corrected chi connectivity index (χ1v) is 8.78. The summed E-state index contributed by atoms with van der Waals surface area (Å²) in [5, 5.41) is 19.6. The standard InChI is InChI=1S/C19H12N6O5/c26-19-13-9-21-24(14-4-1-2-5-15(14)25(27)28)18(13)20-11-23(19)10-12-8-17(30-22-12)16-6-3-7-29-16/h1-9,11H,10H2. The molecule has 0 aliphatic heterocycles. The van der Waals surface area contributed by atoms with Gasteiger partial charge in [0.1, 0.15) is 23.1 Å². The Morgan fingerprint density at radius 1 is 1.13 bits per heavy atom. The van der Waals surface area contributed by atoms with Crippen LogP contribution in [-0.4, -0.2) is 29.4 Å². The highest BCUT2D eigenvalue weighted by molar-refractivity contribution is 5.76. The number of rotatable bonds is 5. The average molecular weight is 404 g/mol. The molecular formula is C19H12N6O5. The highest BCUT2D eigenvalue weighted by Crippen LogP contribution is 2.24. The molecule has 1 aromatic carbocycles. The van der Waals surface area contributed by atoms with Gasteiger partial charge in [0.05, 0.1) is 23.9 Å². The second kappa shape index (κ2) is 6.81. The molecule has 0 bridgehead atoms. The third-order valence-corrected chi connectivity index (χ3v) is 4.52. The topological polar surface area (TPSA) is 135 Å². The number of hydrogen-bond acceptors (Lipinski definition) is 8. The van der Waals surface area contributed by atoms with Gasteiger partial charge in [-0.3, -0.25) is 19.5 Å². The molecule has 0 atom stereocenters. The number of nitro groups is 1. The number of nitrogens with zero attached hydrogens (tertiary/aromatic N) is 6. The maximum absolute atomic E-state index is 12.9. The highest BCUT2D eigenvalue weighted by Gasteiger charge is 2.19. The quantitative estimate of drug-likeness (QED) is 0.322. The zero-order chi connectivity index (χ0) is 20.7. The van der Waals surface area contributed by atoms with Crippen molar-refractivity contribution < 1.29 is 13.9 Å². The van der Waals surface area contributed by atoms with Gasteiger partial charge in [0.25, 0.3) is 11.2 Å². The first-order chi connectivity index (χ1) is 14.6. The lowest BCUT2D eigenvalue weighted by Crippen LogP contribution is -2.21. The molecule has 0 saturated carbocycles. The molecule has 11 heteroatoms. The van der Waals surface area contributed by atoms with E-state index in [4.69, 9.17) is 8.94 Å². The van der Waals surface area contributed by atoms with E-state index in [1.807, 2.05) is 0 Å². The fourth-order valence-corrected chi connectivity index (χ4v) is 3.13. The van der Waals surface area contributed by atoms with Crippen LogP contribution >= 0.6 is 0 Å². The zero-order valence-corrected chi connectivity index (χ0v) is 15.2. The van der Waals surface area contributed by atoms with Crippen molar-refractivity contribution in [2.75, 3.05) is 0 Å². The van der Waals surface area contributed by atoms with Crippen LogP contribution < -0.4 is 5.56 Å². The summed E-state index contributed by atoms with van der Waals surface area (Å²) in [5.74, 6) is 0.974. The molecule has 0 saturated heterocycles. The summed E-state index contributed by atoms with van der Waals surface area (Å²) in [6.07, 6.45) is 4.21. The Kier molecular flexibility index (Phi) is 3.98. The highest BCUT2D eigenvalue weighted by atomic mass is 16.6. The van der Waals surface area contributed by atoms with Crippen molar-refractivity contribution in [2.24, 2.45) is 0 Å².